The highest BCUT2D eigenvalue weighted by molar-refractivity contribution is 5.97. The highest BCUT2D eigenvalue weighted by atomic mass is 14.7. The van der Waals surface area contributed by atoms with Gasteiger partial charge < -0.3 is 0 Å². The molecular formula is C28H29N. The van der Waals surface area contributed by atoms with Crippen LogP contribution in [0.4, 0.5) is 0 Å². The summed E-state index contributed by atoms with van der Waals surface area (Å²) in [6.07, 6.45) is 1.12. The molecule has 0 saturated carbocycles. The number of benzene rings is 3. The number of para-hydroxylation sites is 1. The smallest absolute Gasteiger partial charge is 0.0718 e. The summed E-state index contributed by atoms with van der Waals surface area (Å²) in [5.74, 6) is 0.668. The Morgan fingerprint density at radius 3 is 2.24 bits per heavy atom. The fourth-order valence-corrected chi connectivity index (χ4v) is 4.15. The largest absolute Gasteiger partial charge is 0.248 e. The Balaban J connectivity index is 1.90. The van der Waals surface area contributed by atoms with Crippen LogP contribution in [0, 0.1) is 26.7 Å². The molecule has 3 aromatic carbocycles. The third-order valence-electron chi connectivity index (χ3n) is 5.71. The SMILES string of the molecule is Cc1cc(C)c(C)c(-c2cc(-c3ccc(CC(C)C)cc3)c3ccccc3n2)c1. The predicted octanol–water partition coefficient (Wildman–Crippen LogP) is 7.69. The first-order valence-corrected chi connectivity index (χ1v) is 10.5. The lowest BCUT2D eigenvalue weighted by Crippen LogP contribution is -1.95. The molecular weight excluding hydrogens is 350 g/mol. The Morgan fingerprint density at radius 1 is 0.793 bits per heavy atom. The number of rotatable bonds is 4. The maximum absolute atomic E-state index is 5.03. The third-order valence-corrected chi connectivity index (χ3v) is 5.71. The van der Waals surface area contributed by atoms with Crippen LogP contribution in [0.5, 0.6) is 0 Å². The molecule has 0 atom stereocenters. The van der Waals surface area contributed by atoms with E-state index in [-0.39, 0.29) is 0 Å². The van der Waals surface area contributed by atoms with Gasteiger partial charge in [-0.2, -0.15) is 0 Å². The molecule has 0 radical (unpaired) electrons. The van der Waals surface area contributed by atoms with Gasteiger partial charge in [0.05, 0.1) is 11.2 Å². The minimum atomic E-state index is 0.668. The van der Waals surface area contributed by atoms with E-state index in [0.717, 1.165) is 17.6 Å². The second-order valence-corrected chi connectivity index (χ2v) is 8.62. The molecule has 29 heavy (non-hydrogen) atoms. The molecule has 0 N–H and O–H groups in total. The van der Waals surface area contributed by atoms with E-state index in [0.29, 0.717) is 5.92 Å². The maximum Gasteiger partial charge on any atom is 0.0718 e. The topological polar surface area (TPSA) is 12.9 Å². The summed E-state index contributed by atoms with van der Waals surface area (Å²) in [5.41, 5.74) is 11.1. The number of fused-ring (bicyclic) bond motifs is 1. The quantitative estimate of drug-likeness (QED) is 0.354. The van der Waals surface area contributed by atoms with Crippen molar-refractivity contribution in [1.29, 1.82) is 0 Å². The molecule has 0 spiro atoms. The number of nitrogens with zero attached hydrogens (tertiary/aromatic N) is 1. The first-order valence-electron chi connectivity index (χ1n) is 10.5. The number of hydrogen-bond donors (Lipinski definition) is 0. The van der Waals surface area contributed by atoms with Crippen molar-refractivity contribution < 1.29 is 0 Å². The van der Waals surface area contributed by atoms with E-state index in [2.05, 4.69) is 101 Å². The van der Waals surface area contributed by atoms with Crippen molar-refractivity contribution in [2.75, 3.05) is 0 Å². The Morgan fingerprint density at radius 2 is 1.52 bits per heavy atom. The van der Waals surface area contributed by atoms with Crippen LogP contribution in [-0.2, 0) is 6.42 Å². The molecule has 0 saturated heterocycles. The first-order chi connectivity index (χ1) is 13.9. The van der Waals surface area contributed by atoms with Crippen molar-refractivity contribution >= 4 is 10.9 Å². The second kappa shape index (κ2) is 7.83. The van der Waals surface area contributed by atoms with E-state index in [9.17, 15) is 0 Å². The lowest BCUT2D eigenvalue weighted by atomic mass is 9.93. The average Bonchev–Trinajstić information content (AvgIpc) is 2.70. The van der Waals surface area contributed by atoms with Crippen LogP contribution in [0.25, 0.3) is 33.3 Å². The zero-order valence-corrected chi connectivity index (χ0v) is 18.1. The van der Waals surface area contributed by atoms with Crippen LogP contribution in [-0.4, -0.2) is 4.98 Å². The standard InChI is InChI=1S/C28H29N/c1-18(2)14-22-10-12-23(13-11-22)26-17-28(29-27-9-7-6-8-24(26)27)25-16-19(3)15-20(4)21(25)5/h6-13,15-18H,14H2,1-5H3. The van der Waals surface area contributed by atoms with E-state index in [1.54, 1.807) is 0 Å². The molecule has 1 heteroatoms. The monoisotopic (exact) mass is 379 g/mol. The fourth-order valence-electron chi connectivity index (χ4n) is 4.15. The van der Waals surface area contributed by atoms with Gasteiger partial charge in [-0.05, 0) is 79.1 Å². The summed E-state index contributed by atoms with van der Waals surface area (Å²) in [6, 6.07) is 24.3. The predicted molar refractivity (Wildman–Crippen MR) is 125 cm³/mol. The Kier molecular flexibility index (Phi) is 5.24. The average molecular weight is 380 g/mol. The van der Waals surface area contributed by atoms with Crippen molar-refractivity contribution in [3.63, 3.8) is 0 Å². The first kappa shape index (κ1) is 19.4. The fraction of sp³-hybridized carbons (Fsp3) is 0.250. The van der Waals surface area contributed by atoms with Crippen LogP contribution in [0.1, 0.15) is 36.1 Å². The summed E-state index contributed by atoms with van der Waals surface area (Å²) in [5, 5.41) is 1.20. The molecule has 1 nitrogen and oxygen atoms in total. The molecule has 146 valence electrons. The molecule has 0 aliphatic carbocycles. The van der Waals surface area contributed by atoms with Gasteiger partial charge in [0.1, 0.15) is 0 Å². The minimum absolute atomic E-state index is 0.668. The Bertz CT molecular complexity index is 1170. The van der Waals surface area contributed by atoms with E-state index in [4.69, 9.17) is 4.98 Å². The molecule has 1 heterocycles. The van der Waals surface area contributed by atoms with Crippen molar-refractivity contribution in [3.8, 4) is 22.4 Å². The minimum Gasteiger partial charge on any atom is -0.248 e. The lowest BCUT2D eigenvalue weighted by molar-refractivity contribution is 0.647. The van der Waals surface area contributed by atoms with Gasteiger partial charge in [0, 0.05) is 10.9 Å². The highest BCUT2D eigenvalue weighted by Crippen LogP contribution is 2.34. The second-order valence-electron chi connectivity index (χ2n) is 8.62. The van der Waals surface area contributed by atoms with Crippen LogP contribution in [0.2, 0.25) is 0 Å². The van der Waals surface area contributed by atoms with E-state index in [1.807, 2.05) is 0 Å². The molecule has 0 bridgehead atoms. The number of pyridine rings is 1. The van der Waals surface area contributed by atoms with Gasteiger partial charge >= 0.3 is 0 Å². The van der Waals surface area contributed by atoms with Gasteiger partial charge in [-0.25, -0.2) is 4.98 Å². The zero-order chi connectivity index (χ0) is 20.5. The molecule has 0 aliphatic rings. The Hall–Kier alpha value is -2.93. The summed E-state index contributed by atoms with van der Waals surface area (Å²) in [4.78, 5) is 5.03. The highest BCUT2D eigenvalue weighted by Gasteiger charge is 2.12. The van der Waals surface area contributed by atoms with Gasteiger partial charge in [0.15, 0.2) is 0 Å². The third kappa shape index (κ3) is 3.96. The van der Waals surface area contributed by atoms with Gasteiger partial charge in [0.2, 0.25) is 0 Å². The number of hydrogen-bond acceptors (Lipinski definition) is 1. The van der Waals surface area contributed by atoms with Crippen LogP contribution in [0.3, 0.4) is 0 Å². The lowest BCUT2D eigenvalue weighted by Gasteiger charge is -2.14. The zero-order valence-electron chi connectivity index (χ0n) is 18.1. The van der Waals surface area contributed by atoms with Gasteiger partial charge in [-0.15, -0.1) is 0 Å². The van der Waals surface area contributed by atoms with Crippen molar-refractivity contribution in [1.82, 2.24) is 4.98 Å². The molecule has 0 aliphatic heterocycles. The molecule has 4 aromatic rings. The van der Waals surface area contributed by atoms with Crippen molar-refractivity contribution in [2.24, 2.45) is 5.92 Å². The van der Waals surface area contributed by atoms with Crippen LogP contribution < -0.4 is 0 Å². The van der Waals surface area contributed by atoms with E-state index in [1.165, 1.54) is 44.3 Å². The summed E-state index contributed by atoms with van der Waals surface area (Å²) >= 11 is 0. The summed E-state index contributed by atoms with van der Waals surface area (Å²) < 4.78 is 0. The molecule has 0 amide bonds. The molecule has 0 unspecified atom stereocenters. The van der Waals surface area contributed by atoms with Crippen molar-refractivity contribution in [3.05, 3.63) is 89.0 Å². The Labute approximate surface area is 174 Å². The van der Waals surface area contributed by atoms with Gasteiger partial charge in [-0.3, -0.25) is 0 Å². The van der Waals surface area contributed by atoms with E-state index >= 15 is 0 Å². The number of aryl methyl sites for hydroxylation is 2. The summed E-state index contributed by atoms with van der Waals surface area (Å²) in [6.45, 7) is 11.1. The normalized spacial score (nSPS) is 11.4. The van der Waals surface area contributed by atoms with Gasteiger partial charge in [-0.1, -0.05) is 67.9 Å². The molecule has 0 fully saturated rings. The van der Waals surface area contributed by atoms with Crippen LogP contribution in [0.15, 0.2) is 66.7 Å². The van der Waals surface area contributed by atoms with Crippen molar-refractivity contribution in [2.45, 2.75) is 41.0 Å². The molecule has 4 rings (SSSR count). The number of aromatic nitrogens is 1. The van der Waals surface area contributed by atoms with Gasteiger partial charge in [0.25, 0.3) is 0 Å². The molecule has 1 aromatic heterocycles. The van der Waals surface area contributed by atoms with E-state index < -0.39 is 0 Å². The van der Waals surface area contributed by atoms with Crippen LogP contribution >= 0.6 is 0 Å². The maximum atomic E-state index is 5.03. The summed E-state index contributed by atoms with van der Waals surface area (Å²) in [7, 11) is 0.